The van der Waals surface area contributed by atoms with Crippen molar-refractivity contribution in [1.29, 1.82) is 0 Å². The van der Waals surface area contributed by atoms with Crippen molar-refractivity contribution in [2.45, 2.75) is 70.3 Å². The van der Waals surface area contributed by atoms with Crippen LogP contribution in [0.15, 0.2) is 0 Å². The summed E-state index contributed by atoms with van der Waals surface area (Å²) in [5.74, 6) is 0. The second kappa shape index (κ2) is 6.65. The van der Waals surface area contributed by atoms with Crippen molar-refractivity contribution >= 4 is 6.09 Å². The lowest BCUT2D eigenvalue weighted by atomic mass is 9.90. The lowest BCUT2D eigenvalue weighted by Crippen LogP contribution is -2.54. The first-order valence-electron chi connectivity index (χ1n) is 6.86. The van der Waals surface area contributed by atoms with Gasteiger partial charge in [-0.3, -0.25) is 0 Å². The smallest absolute Gasteiger partial charge is 0.407 e. The first-order valence-corrected chi connectivity index (χ1v) is 6.86. The Balaban J connectivity index is 2.49. The van der Waals surface area contributed by atoms with Crippen LogP contribution in [-0.2, 0) is 4.74 Å². The van der Waals surface area contributed by atoms with E-state index >= 15 is 0 Å². The van der Waals surface area contributed by atoms with E-state index in [9.17, 15) is 18.0 Å². The molecule has 1 aliphatic rings. The van der Waals surface area contributed by atoms with Crippen molar-refractivity contribution in [3.8, 4) is 0 Å². The van der Waals surface area contributed by atoms with Crippen LogP contribution in [0, 0.1) is 0 Å². The summed E-state index contributed by atoms with van der Waals surface area (Å²) in [5, 5.41) is 5.16. The van der Waals surface area contributed by atoms with Crippen LogP contribution in [-0.4, -0.2) is 36.5 Å². The summed E-state index contributed by atoms with van der Waals surface area (Å²) in [6.45, 7) is 4.19. The number of alkyl carbamates (subject to hydrolysis) is 1. The summed E-state index contributed by atoms with van der Waals surface area (Å²) in [7, 11) is 0. The molecule has 0 heterocycles. The van der Waals surface area contributed by atoms with Crippen molar-refractivity contribution in [2.75, 3.05) is 6.54 Å². The average Bonchev–Trinajstić information content (AvgIpc) is 2.24. The highest BCUT2D eigenvalue weighted by Gasteiger charge is 2.33. The highest BCUT2D eigenvalue weighted by Crippen LogP contribution is 2.21. The zero-order valence-electron chi connectivity index (χ0n) is 12.1. The molecule has 118 valence electrons. The Kier molecular flexibility index (Phi) is 5.68. The first kappa shape index (κ1) is 17.1. The fourth-order valence-electron chi connectivity index (χ4n) is 2.25. The maximum Gasteiger partial charge on any atom is 0.407 e. The van der Waals surface area contributed by atoms with E-state index < -0.39 is 24.4 Å². The molecule has 2 atom stereocenters. The van der Waals surface area contributed by atoms with Gasteiger partial charge in [0.15, 0.2) is 0 Å². The van der Waals surface area contributed by atoms with Crippen molar-refractivity contribution in [3.05, 3.63) is 0 Å². The number of carbonyl (C=O) groups is 1. The van der Waals surface area contributed by atoms with Crippen LogP contribution in [0.4, 0.5) is 18.0 Å². The quantitative estimate of drug-likeness (QED) is 0.842. The Morgan fingerprint density at radius 3 is 2.20 bits per heavy atom. The molecule has 0 bridgehead atoms. The van der Waals surface area contributed by atoms with E-state index in [1.165, 1.54) is 0 Å². The number of halogens is 3. The highest BCUT2D eigenvalue weighted by atomic mass is 19.4. The molecule has 4 nitrogen and oxygen atoms in total. The molecule has 0 aliphatic heterocycles. The number of rotatable bonds is 3. The Morgan fingerprint density at radius 1 is 1.15 bits per heavy atom. The normalized spacial score (nSPS) is 24.3. The van der Waals surface area contributed by atoms with Crippen LogP contribution < -0.4 is 10.6 Å². The van der Waals surface area contributed by atoms with Crippen molar-refractivity contribution in [1.82, 2.24) is 10.6 Å². The van der Waals surface area contributed by atoms with Gasteiger partial charge in [0, 0.05) is 12.1 Å². The Morgan fingerprint density at radius 2 is 1.70 bits per heavy atom. The summed E-state index contributed by atoms with van der Waals surface area (Å²) >= 11 is 0. The van der Waals surface area contributed by atoms with Gasteiger partial charge in [-0.1, -0.05) is 12.8 Å². The van der Waals surface area contributed by atoms with Crippen LogP contribution in [0.2, 0.25) is 0 Å². The molecular formula is C13H23F3N2O2. The molecule has 0 aromatic heterocycles. The minimum absolute atomic E-state index is 0.319. The molecule has 0 radical (unpaired) electrons. The molecule has 0 aromatic carbocycles. The van der Waals surface area contributed by atoms with E-state index in [0.29, 0.717) is 12.8 Å². The second-order valence-electron chi connectivity index (χ2n) is 6.14. The van der Waals surface area contributed by atoms with Gasteiger partial charge >= 0.3 is 12.3 Å². The average molecular weight is 296 g/mol. The summed E-state index contributed by atoms with van der Waals surface area (Å²) in [6, 6.07) is -0.682. The minimum Gasteiger partial charge on any atom is -0.444 e. The lowest BCUT2D eigenvalue weighted by molar-refractivity contribution is -0.127. The topological polar surface area (TPSA) is 50.4 Å². The first-order chi connectivity index (χ1) is 9.07. The fraction of sp³-hybridized carbons (Fsp3) is 0.923. The zero-order valence-corrected chi connectivity index (χ0v) is 12.1. The molecule has 0 aromatic rings. The molecule has 2 N–H and O–H groups in total. The predicted molar refractivity (Wildman–Crippen MR) is 69.5 cm³/mol. The summed E-state index contributed by atoms with van der Waals surface area (Å²) in [4.78, 5) is 11.7. The van der Waals surface area contributed by atoms with Gasteiger partial charge in [0.2, 0.25) is 0 Å². The third-order valence-corrected chi connectivity index (χ3v) is 3.03. The van der Waals surface area contributed by atoms with E-state index in [-0.39, 0.29) is 12.1 Å². The number of hydrogen-bond donors (Lipinski definition) is 2. The van der Waals surface area contributed by atoms with Gasteiger partial charge in [-0.15, -0.1) is 0 Å². The van der Waals surface area contributed by atoms with E-state index in [2.05, 4.69) is 10.6 Å². The van der Waals surface area contributed by atoms with Gasteiger partial charge in [0.1, 0.15) is 5.60 Å². The molecule has 0 unspecified atom stereocenters. The fourth-order valence-corrected chi connectivity index (χ4v) is 2.25. The minimum atomic E-state index is -4.24. The Bertz CT molecular complexity index is 327. The third kappa shape index (κ3) is 6.98. The van der Waals surface area contributed by atoms with Crippen LogP contribution in [0.5, 0.6) is 0 Å². The number of alkyl halides is 3. The maximum atomic E-state index is 12.2. The van der Waals surface area contributed by atoms with Gasteiger partial charge in [-0.25, -0.2) is 4.79 Å². The number of hydrogen-bond acceptors (Lipinski definition) is 3. The van der Waals surface area contributed by atoms with Crippen molar-refractivity contribution in [2.24, 2.45) is 0 Å². The summed E-state index contributed by atoms with van der Waals surface area (Å²) in [5.41, 5.74) is -0.617. The van der Waals surface area contributed by atoms with E-state index in [0.717, 1.165) is 12.8 Å². The molecule has 20 heavy (non-hydrogen) atoms. The molecule has 7 heteroatoms. The predicted octanol–water partition coefficient (Wildman–Crippen LogP) is 2.97. The van der Waals surface area contributed by atoms with Gasteiger partial charge < -0.3 is 15.4 Å². The van der Waals surface area contributed by atoms with E-state index in [4.69, 9.17) is 4.74 Å². The van der Waals surface area contributed by atoms with Crippen LogP contribution >= 0.6 is 0 Å². The third-order valence-electron chi connectivity index (χ3n) is 3.03. The lowest BCUT2D eigenvalue weighted by Gasteiger charge is -2.33. The molecule has 0 saturated heterocycles. The number of carbonyl (C=O) groups excluding carboxylic acids is 1. The molecule has 1 saturated carbocycles. The monoisotopic (exact) mass is 296 g/mol. The van der Waals surface area contributed by atoms with Gasteiger partial charge in [-0.05, 0) is 33.6 Å². The Hall–Kier alpha value is -0.980. The van der Waals surface area contributed by atoms with Gasteiger partial charge in [0.05, 0.1) is 6.54 Å². The number of nitrogens with one attached hydrogen (secondary N) is 2. The number of ether oxygens (including phenoxy) is 1. The van der Waals surface area contributed by atoms with Crippen LogP contribution in [0.3, 0.4) is 0 Å². The van der Waals surface area contributed by atoms with Gasteiger partial charge in [0.25, 0.3) is 0 Å². The molecular weight excluding hydrogens is 273 g/mol. The zero-order chi connectivity index (χ0) is 15.4. The standard InChI is InChI=1S/C13H23F3N2O2/c1-12(2,3)20-11(19)18-10-7-5-4-6-9(10)17-8-13(14,15)16/h9-10,17H,4-8H2,1-3H3,(H,18,19)/t9-,10-/m1/s1. The van der Waals surface area contributed by atoms with E-state index in [1.54, 1.807) is 20.8 Å². The van der Waals surface area contributed by atoms with Gasteiger partial charge in [-0.2, -0.15) is 13.2 Å². The van der Waals surface area contributed by atoms with E-state index in [1.807, 2.05) is 0 Å². The summed E-state index contributed by atoms with van der Waals surface area (Å²) < 4.78 is 41.9. The van der Waals surface area contributed by atoms with Crippen molar-refractivity contribution in [3.63, 3.8) is 0 Å². The maximum absolute atomic E-state index is 12.2. The molecule has 1 fully saturated rings. The molecule has 1 rings (SSSR count). The van der Waals surface area contributed by atoms with Crippen LogP contribution in [0.25, 0.3) is 0 Å². The molecule has 0 spiro atoms. The van der Waals surface area contributed by atoms with Crippen LogP contribution in [0.1, 0.15) is 46.5 Å². The second-order valence-corrected chi connectivity index (χ2v) is 6.14. The summed E-state index contributed by atoms with van der Waals surface area (Å²) in [6.07, 6.45) is -1.78. The highest BCUT2D eigenvalue weighted by molar-refractivity contribution is 5.68. The number of amides is 1. The molecule has 1 aliphatic carbocycles. The largest absolute Gasteiger partial charge is 0.444 e. The Labute approximate surface area is 117 Å². The SMILES string of the molecule is CC(C)(C)OC(=O)N[C@@H]1CCCC[C@H]1NCC(F)(F)F. The molecule has 1 amide bonds. The van der Waals surface area contributed by atoms with Crippen molar-refractivity contribution < 1.29 is 22.7 Å².